The maximum atomic E-state index is 12.2. The molecule has 23 heavy (non-hydrogen) atoms. The first kappa shape index (κ1) is 17.5. The molecular formula is C17H23ClN4O. The van der Waals surface area contributed by atoms with Crippen LogP contribution in [0.15, 0.2) is 30.3 Å². The molecule has 1 aromatic heterocycles. The molecule has 1 atom stereocenters. The Kier molecular flexibility index (Phi) is 5.80. The van der Waals surface area contributed by atoms with Crippen molar-refractivity contribution >= 4 is 18.3 Å². The summed E-state index contributed by atoms with van der Waals surface area (Å²) in [5.41, 5.74) is 4.03. The second kappa shape index (κ2) is 7.62. The van der Waals surface area contributed by atoms with Gasteiger partial charge in [-0.15, -0.1) is 12.4 Å². The van der Waals surface area contributed by atoms with Gasteiger partial charge in [0.05, 0.1) is 12.2 Å². The quantitative estimate of drug-likeness (QED) is 0.899. The third kappa shape index (κ3) is 4.33. The summed E-state index contributed by atoms with van der Waals surface area (Å²) in [6, 6.07) is 10.1. The third-order valence-electron chi connectivity index (χ3n) is 4.05. The molecule has 5 nitrogen and oxygen atoms in total. The summed E-state index contributed by atoms with van der Waals surface area (Å²) < 4.78 is 1.98. The van der Waals surface area contributed by atoms with Gasteiger partial charge in [0.15, 0.2) is 0 Å². The summed E-state index contributed by atoms with van der Waals surface area (Å²) in [6.45, 7) is 6.62. The van der Waals surface area contributed by atoms with Gasteiger partial charge in [0.2, 0.25) is 0 Å². The van der Waals surface area contributed by atoms with Gasteiger partial charge in [-0.1, -0.05) is 12.1 Å². The van der Waals surface area contributed by atoms with Crippen molar-refractivity contribution in [1.82, 2.24) is 20.4 Å². The molecule has 2 heterocycles. The number of rotatable bonds is 4. The average molecular weight is 335 g/mol. The van der Waals surface area contributed by atoms with Crippen molar-refractivity contribution in [2.24, 2.45) is 0 Å². The molecule has 0 radical (unpaired) electrons. The molecule has 0 spiro atoms. The highest BCUT2D eigenvalue weighted by Gasteiger charge is 2.17. The predicted molar refractivity (Wildman–Crippen MR) is 93.2 cm³/mol. The lowest BCUT2D eigenvalue weighted by molar-refractivity contribution is 0.0940. The van der Waals surface area contributed by atoms with E-state index in [9.17, 15) is 4.79 Å². The first-order valence-electron chi connectivity index (χ1n) is 7.73. The number of nitrogens with zero attached hydrogens (tertiary/aromatic N) is 2. The van der Waals surface area contributed by atoms with Crippen molar-refractivity contribution < 1.29 is 4.79 Å². The van der Waals surface area contributed by atoms with Crippen LogP contribution in [-0.2, 0) is 6.54 Å². The summed E-state index contributed by atoms with van der Waals surface area (Å²) in [7, 11) is 0. The monoisotopic (exact) mass is 334 g/mol. The first-order chi connectivity index (χ1) is 10.6. The van der Waals surface area contributed by atoms with E-state index in [0.717, 1.165) is 43.0 Å². The Morgan fingerprint density at radius 3 is 2.65 bits per heavy atom. The Bertz CT molecular complexity index is 660. The second-order valence-corrected chi connectivity index (χ2v) is 5.94. The molecule has 2 aromatic rings. The van der Waals surface area contributed by atoms with Gasteiger partial charge in [0, 0.05) is 23.8 Å². The molecule has 0 aliphatic carbocycles. The van der Waals surface area contributed by atoms with Gasteiger partial charge < -0.3 is 10.6 Å². The number of hydrogen-bond acceptors (Lipinski definition) is 3. The van der Waals surface area contributed by atoms with Crippen molar-refractivity contribution in [3.8, 4) is 0 Å². The first-order valence-corrected chi connectivity index (χ1v) is 7.73. The third-order valence-corrected chi connectivity index (χ3v) is 4.05. The van der Waals surface area contributed by atoms with E-state index in [-0.39, 0.29) is 24.4 Å². The standard InChI is InChI=1S/C17H22N4O.ClH/c1-12-9-13(2)21(20-12)11-14-3-5-15(6-4-14)17(22)19-16-7-8-18-10-16;/h3-6,9,16,18H,7-8,10-11H2,1-2H3,(H,19,22);1H. The highest BCUT2D eigenvalue weighted by molar-refractivity contribution is 5.94. The summed E-state index contributed by atoms with van der Waals surface area (Å²) in [6.07, 6.45) is 1.00. The van der Waals surface area contributed by atoms with Crippen molar-refractivity contribution in [2.45, 2.75) is 32.9 Å². The molecule has 124 valence electrons. The summed E-state index contributed by atoms with van der Waals surface area (Å²) in [4.78, 5) is 12.2. The number of aryl methyl sites for hydroxylation is 2. The van der Waals surface area contributed by atoms with E-state index in [1.165, 1.54) is 0 Å². The molecule has 2 N–H and O–H groups in total. The minimum absolute atomic E-state index is 0. The molecule has 1 unspecified atom stereocenters. The van der Waals surface area contributed by atoms with Gasteiger partial charge in [-0.2, -0.15) is 5.10 Å². The van der Waals surface area contributed by atoms with Crippen molar-refractivity contribution in [3.63, 3.8) is 0 Å². The molecule has 1 amide bonds. The van der Waals surface area contributed by atoms with E-state index >= 15 is 0 Å². The zero-order chi connectivity index (χ0) is 15.5. The smallest absolute Gasteiger partial charge is 0.251 e. The molecule has 0 bridgehead atoms. The number of halogens is 1. The van der Waals surface area contributed by atoms with Gasteiger partial charge in [0.25, 0.3) is 5.91 Å². The zero-order valence-electron chi connectivity index (χ0n) is 13.5. The number of carbonyl (C=O) groups excluding carboxylic acids is 1. The molecule has 1 saturated heterocycles. The van der Waals surface area contributed by atoms with E-state index in [4.69, 9.17) is 0 Å². The van der Waals surface area contributed by atoms with Crippen LogP contribution in [-0.4, -0.2) is 34.8 Å². The highest BCUT2D eigenvalue weighted by atomic mass is 35.5. The Labute approximate surface area is 142 Å². The van der Waals surface area contributed by atoms with Crippen molar-refractivity contribution in [2.75, 3.05) is 13.1 Å². The Hall–Kier alpha value is -1.85. The zero-order valence-corrected chi connectivity index (χ0v) is 14.3. The maximum Gasteiger partial charge on any atom is 0.251 e. The Balaban J connectivity index is 0.00000192. The molecule has 1 aliphatic heterocycles. The maximum absolute atomic E-state index is 12.2. The number of benzene rings is 1. The molecule has 1 aliphatic rings. The van der Waals surface area contributed by atoms with Gasteiger partial charge in [-0.25, -0.2) is 0 Å². The van der Waals surface area contributed by atoms with Gasteiger partial charge in [-0.3, -0.25) is 9.48 Å². The average Bonchev–Trinajstić information content (AvgIpc) is 3.10. The van der Waals surface area contributed by atoms with Crippen molar-refractivity contribution in [1.29, 1.82) is 0 Å². The SMILES string of the molecule is Cc1cc(C)n(Cc2ccc(C(=O)NC3CCNC3)cc2)n1.Cl. The van der Waals surface area contributed by atoms with E-state index in [0.29, 0.717) is 5.56 Å². The van der Waals surface area contributed by atoms with Gasteiger partial charge >= 0.3 is 0 Å². The number of hydrogen-bond donors (Lipinski definition) is 2. The number of nitrogens with one attached hydrogen (secondary N) is 2. The van der Waals surface area contributed by atoms with Gasteiger partial charge in [-0.05, 0) is 50.6 Å². The van der Waals surface area contributed by atoms with Crippen LogP contribution < -0.4 is 10.6 Å². The summed E-state index contributed by atoms with van der Waals surface area (Å²) in [5.74, 6) is 0.00589. The Morgan fingerprint density at radius 1 is 1.35 bits per heavy atom. The Morgan fingerprint density at radius 2 is 2.09 bits per heavy atom. The molecule has 6 heteroatoms. The van der Waals surface area contributed by atoms with Crippen LogP contribution in [0.2, 0.25) is 0 Å². The fourth-order valence-electron chi connectivity index (χ4n) is 2.82. The fraction of sp³-hybridized carbons (Fsp3) is 0.412. The lowest BCUT2D eigenvalue weighted by Crippen LogP contribution is -2.36. The van der Waals surface area contributed by atoms with Crippen LogP contribution in [0.25, 0.3) is 0 Å². The molecule has 3 rings (SSSR count). The van der Waals surface area contributed by atoms with Crippen LogP contribution in [0.5, 0.6) is 0 Å². The molecular weight excluding hydrogens is 312 g/mol. The predicted octanol–water partition coefficient (Wildman–Crippen LogP) is 2.06. The van der Waals surface area contributed by atoms with Crippen LogP contribution in [0.4, 0.5) is 0 Å². The minimum Gasteiger partial charge on any atom is -0.348 e. The van der Waals surface area contributed by atoms with E-state index < -0.39 is 0 Å². The van der Waals surface area contributed by atoms with E-state index in [1.807, 2.05) is 35.9 Å². The number of aromatic nitrogens is 2. The normalized spacial score (nSPS) is 16.9. The van der Waals surface area contributed by atoms with Crippen LogP contribution in [0.1, 0.15) is 33.7 Å². The molecule has 0 saturated carbocycles. The lowest BCUT2D eigenvalue weighted by atomic mass is 10.1. The van der Waals surface area contributed by atoms with Crippen LogP contribution >= 0.6 is 12.4 Å². The van der Waals surface area contributed by atoms with E-state index in [2.05, 4.69) is 28.7 Å². The van der Waals surface area contributed by atoms with Gasteiger partial charge in [0.1, 0.15) is 0 Å². The lowest BCUT2D eigenvalue weighted by Gasteiger charge is -2.11. The topological polar surface area (TPSA) is 59.0 Å². The van der Waals surface area contributed by atoms with Crippen molar-refractivity contribution in [3.05, 3.63) is 52.8 Å². The summed E-state index contributed by atoms with van der Waals surface area (Å²) in [5, 5.41) is 10.8. The fourth-order valence-corrected chi connectivity index (χ4v) is 2.82. The highest BCUT2D eigenvalue weighted by Crippen LogP contribution is 2.10. The van der Waals surface area contributed by atoms with E-state index in [1.54, 1.807) is 0 Å². The molecule has 1 aromatic carbocycles. The van der Waals surface area contributed by atoms with Crippen LogP contribution in [0, 0.1) is 13.8 Å². The number of carbonyl (C=O) groups is 1. The summed E-state index contributed by atoms with van der Waals surface area (Å²) >= 11 is 0. The largest absolute Gasteiger partial charge is 0.348 e. The number of amides is 1. The second-order valence-electron chi connectivity index (χ2n) is 5.94. The van der Waals surface area contributed by atoms with Crippen LogP contribution in [0.3, 0.4) is 0 Å². The minimum atomic E-state index is 0. The molecule has 1 fully saturated rings.